The Kier molecular flexibility index (Phi) is 2.31. The molecule has 2 nitrogen and oxygen atoms in total. The van der Waals surface area contributed by atoms with E-state index in [-0.39, 0.29) is 5.41 Å². The molecule has 1 N–H and O–H groups in total. The van der Waals surface area contributed by atoms with Crippen molar-refractivity contribution in [3.8, 4) is 0 Å². The highest BCUT2D eigenvalue weighted by Gasteiger charge is 2.22. The zero-order valence-electron chi connectivity index (χ0n) is 9.22. The molecule has 0 spiro atoms. The topological polar surface area (TPSA) is 24.9 Å². The summed E-state index contributed by atoms with van der Waals surface area (Å²) in [7, 11) is 0. The highest BCUT2D eigenvalue weighted by molar-refractivity contribution is 5.35. The molecule has 0 atom stereocenters. The summed E-state index contributed by atoms with van der Waals surface area (Å²) in [4.78, 5) is 4.52. The maximum absolute atomic E-state index is 4.52. The average molecular weight is 190 g/mol. The summed E-state index contributed by atoms with van der Waals surface area (Å²) < 4.78 is 0. The summed E-state index contributed by atoms with van der Waals surface area (Å²) in [6, 6.07) is 2.16. The van der Waals surface area contributed by atoms with Crippen molar-refractivity contribution in [2.24, 2.45) is 0 Å². The molecule has 2 rings (SSSR count). The minimum Gasteiger partial charge on any atom is -0.312 e. The second-order valence-electron chi connectivity index (χ2n) is 4.97. The van der Waals surface area contributed by atoms with E-state index in [4.69, 9.17) is 0 Å². The van der Waals surface area contributed by atoms with Gasteiger partial charge in [-0.1, -0.05) is 20.8 Å². The van der Waals surface area contributed by atoms with Crippen LogP contribution in [-0.2, 0) is 18.4 Å². The van der Waals surface area contributed by atoms with Gasteiger partial charge in [-0.15, -0.1) is 0 Å². The quantitative estimate of drug-likeness (QED) is 0.677. The fourth-order valence-corrected chi connectivity index (χ4v) is 2.05. The van der Waals surface area contributed by atoms with E-state index < -0.39 is 0 Å². The van der Waals surface area contributed by atoms with Crippen LogP contribution in [0.2, 0.25) is 0 Å². The number of rotatable bonds is 0. The molecule has 0 bridgehead atoms. The van der Waals surface area contributed by atoms with Gasteiger partial charge in [-0.05, 0) is 30.2 Å². The molecular formula is C12H18N2. The number of aromatic nitrogens is 1. The lowest BCUT2D eigenvalue weighted by Crippen LogP contribution is -2.28. The highest BCUT2D eigenvalue weighted by Crippen LogP contribution is 2.27. The van der Waals surface area contributed by atoms with Crippen molar-refractivity contribution in [2.45, 2.75) is 39.2 Å². The summed E-state index contributed by atoms with van der Waals surface area (Å²) in [5, 5.41) is 3.41. The van der Waals surface area contributed by atoms with Gasteiger partial charge in [0.05, 0.1) is 5.69 Å². The SMILES string of the molecule is CC(C)(C)c1nccc2c1CNCC2. The second-order valence-corrected chi connectivity index (χ2v) is 4.97. The molecule has 1 aromatic heterocycles. The first-order valence-corrected chi connectivity index (χ1v) is 5.27. The third kappa shape index (κ3) is 1.67. The van der Waals surface area contributed by atoms with Crippen LogP contribution < -0.4 is 5.32 Å². The highest BCUT2D eigenvalue weighted by atomic mass is 14.9. The summed E-state index contributed by atoms with van der Waals surface area (Å²) in [5.74, 6) is 0. The third-order valence-electron chi connectivity index (χ3n) is 2.74. The normalized spacial score (nSPS) is 16.5. The molecule has 1 aliphatic heterocycles. The lowest BCUT2D eigenvalue weighted by Gasteiger charge is -2.26. The molecule has 1 aromatic rings. The van der Waals surface area contributed by atoms with Crippen LogP contribution >= 0.6 is 0 Å². The lowest BCUT2D eigenvalue weighted by molar-refractivity contribution is 0.539. The van der Waals surface area contributed by atoms with Gasteiger partial charge in [-0.3, -0.25) is 4.98 Å². The van der Waals surface area contributed by atoms with Crippen molar-refractivity contribution in [1.29, 1.82) is 0 Å². The first-order valence-electron chi connectivity index (χ1n) is 5.27. The molecule has 1 aliphatic rings. The predicted octanol–water partition coefficient (Wildman–Crippen LogP) is 2.02. The first kappa shape index (κ1) is 9.66. The lowest BCUT2D eigenvalue weighted by atomic mass is 9.85. The van der Waals surface area contributed by atoms with Crippen LogP contribution in [0.1, 0.15) is 37.6 Å². The molecule has 0 amide bonds. The Balaban J connectivity index is 2.51. The van der Waals surface area contributed by atoms with E-state index in [1.807, 2.05) is 6.20 Å². The zero-order valence-corrected chi connectivity index (χ0v) is 9.22. The Morgan fingerprint density at radius 3 is 2.86 bits per heavy atom. The van der Waals surface area contributed by atoms with E-state index in [0.717, 1.165) is 19.5 Å². The minimum absolute atomic E-state index is 0.157. The number of pyridine rings is 1. The molecule has 0 radical (unpaired) electrons. The monoisotopic (exact) mass is 190 g/mol. The number of nitrogens with zero attached hydrogens (tertiary/aromatic N) is 1. The maximum Gasteiger partial charge on any atom is 0.0504 e. The van der Waals surface area contributed by atoms with Gasteiger partial charge < -0.3 is 5.32 Å². The van der Waals surface area contributed by atoms with Crippen molar-refractivity contribution in [2.75, 3.05) is 6.54 Å². The number of fused-ring (bicyclic) bond motifs is 1. The van der Waals surface area contributed by atoms with Gasteiger partial charge in [0.25, 0.3) is 0 Å². The first-order chi connectivity index (χ1) is 6.59. The van der Waals surface area contributed by atoms with E-state index in [2.05, 4.69) is 37.1 Å². The number of hydrogen-bond acceptors (Lipinski definition) is 2. The summed E-state index contributed by atoms with van der Waals surface area (Å²) in [5.41, 5.74) is 4.31. The molecule has 0 saturated heterocycles. The van der Waals surface area contributed by atoms with Crippen molar-refractivity contribution >= 4 is 0 Å². The average Bonchev–Trinajstić information content (AvgIpc) is 2.15. The zero-order chi connectivity index (χ0) is 10.2. The Bertz CT molecular complexity index is 337. The predicted molar refractivity (Wildman–Crippen MR) is 58.3 cm³/mol. The Hall–Kier alpha value is -0.890. The summed E-state index contributed by atoms with van der Waals surface area (Å²) in [6.45, 7) is 8.76. The van der Waals surface area contributed by atoms with E-state index in [1.54, 1.807) is 0 Å². The van der Waals surface area contributed by atoms with Crippen LogP contribution in [0.4, 0.5) is 0 Å². The molecule has 0 unspecified atom stereocenters. The van der Waals surface area contributed by atoms with Gasteiger partial charge in [0.15, 0.2) is 0 Å². The van der Waals surface area contributed by atoms with Crippen LogP contribution in [0.3, 0.4) is 0 Å². The van der Waals surface area contributed by atoms with Gasteiger partial charge in [0.2, 0.25) is 0 Å². The summed E-state index contributed by atoms with van der Waals surface area (Å²) in [6.07, 6.45) is 3.09. The molecule has 2 heterocycles. The van der Waals surface area contributed by atoms with Gasteiger partial charge in [-0.2, -0.15) is 0 Å². The van der Waals surface area contributed by atoms with Gasteiger partial charge in [0, 0.05) is 18.2 Å². The van der Waals surface area contributed by atoms with Crippen LogP contribution in [0.15, 0.2) is 12.3 Å². The molecule has 2 heteroatoms. The van der Waals surface area contributed by atoms with E-state index >= 15 is 0 Å². The second kappa shape index (κ2) is 3.35. The maximum atomic E-state index is 4.52. The van der Waals surface area contributed by atoms with Crippen LogP contribution in [0.25, 0.3) is 0 Å². The third-order valence-corrected chi connectivity index (χ3v) is 2.74. The van der Waals surface area contributed by atoms with Crippen LogP contribution in [0, 0.1) is 0 Å². The van der Waals surface area contributed by atoms with E-state index in [9.17, 15) is 0 Å². The Morgan fingerprint density at radius 1 is 1.36 bits per heavy atom. The van der Waals surface area contributed by atoms with Crippen molar-refractivity contribution in [3.05, 3.63) is 29.1 Å². The minimum atomic E-state index is 0.157. The molecule has 14 heavy (non-hydrogen) atoms. The smallest absolute Gasteiger partial charge is 0.0504 e. The Labute approximate surface area is 85.7 Å². The van der Waals surface area contributed by atoms with E-state index in [1.165, 1.54) is 16.8 Å². The van der Waals surface area contributed by atoms with Crippen LogP contribution in [-0.4, -0.2) is 11.5 Å². The van der Waals surface area contributed by atoms with Crippen LogP contribution in [0.5, 0.6) is 0 Å². The molecule has 0 saturated carbocycles. The molecule has 0 aromatic carbocycles. The van der Waals surface area contributed by atoms with Gasteiger partial charge in [-0.25, -0.2) is 0 Å². The fourth-order valence-electron chi connectivity index (χ4n) is 2.05. The molecule has 0 fully saturated rings. The molecule has 0 aliphatic carbocycles. The fraction of sp³-hybridized carbons (Fsp3) is 0.583. The molecular weight excluding hydrogens is 172 g/mol. The van der Waals surface area contributed by atoms with Gasteiger partial charge >= 0.3 is 0 Å². The van der Waals surface area contributed by atoms with Gasteiger partial charge in [0.1, 0.15) is 0 Å². The van der Waals surface area contributed by atoms with Crippen molar-refractivity contribution in [1.82, 2.24) is 10.3 Å². The molecule has 76 valence electrons. The van der Waals surface area contributed by atoms with Crippen molar-refractivity contribution < 1.29 is 0 Å². The van der Waals surface area contributed by atoms with Crippen molar-refractivity contribution in [3.63, 3.8) is 0 Å². The largest absolute Gasteiger partial charge is 0.312 e. The Morgan fingerprint density at radius 2 is 2.14 bits per heavy atom. The standard InChI is InChI=1S/C12H18N2/c1-12(2,3)11-10-8-13-6-4-9(10)5-7-14-11/h5,7,13H,4,6,8H2,1-3H3. The number of hydrogen-bond donors (Lipinski definition) is 1. The summed E-state index contributed by atoms with van der Waals surface area (Å²) >= 11 is 0. The van der Waals surface area contributed by atoms with E-state index in [0.29, 0.717) is 0 Å². The number of nitrogens with one attached hydrogen (secondary N) is 1.